The van der Waals surface area contributed by atoms with Crippen LogP contribution in [0.2, 0.25) is 0 Å². The zero-order chi connectivity index (χ0) is 15.6. The first-order valence-corrected chi connectivity index (χ1v) is 7.16. The summed E-state index contributed by atoms with van der Waals surface area (Å²) in [5.41, 5.74) is -0.430. The summed E-state index contributed by atoms with van der Waals surface area (Å²) in [7, 11) is 0. The quantitative estimate of drug-likeness (QED) is 0.800. The van der Waals surface area contributed by atoms with Crippen molar-refractivity contribution in [3.05, 3.63) is 35.4 Å². The molecule has 0 saturated carbocycles. The maximum absolute atomic E-state index is 13.6. The summed E-state index contributed by atoms with van der Waals surface area (Å²) in [6, 6.07) is 3.69. The molecular weight excluding hydrogens is 276 g/mol. The molecule has 5 heteroatoms. The van der Waals surface area contributed by atoms with Crippen LogP contribution in [-0.2, 0) is 4.74 Å². The molecule has 0 bridgehead atoms. The van der Waals surface area contributed by atoms with E-state index >= 15 is 0 Å². The summed E-state index contributed by atoms with van der Waals surface area (Å²) >= 11 is 0. The minimum atomic E-state index is -1.06. The first-order chi connectivity index (χ1) is 9.78. The number of Topliss-reactive ketones (excluding diaryl/α,β-unsaturated/α-hetero) is 1. The van der Waals surface area contributed by atoms with Gasteiger partial charge >= 0.3 is 0 Å². The topological polar surface area (TPSA) is 29.5 Å². The van der Waals surface area contributed by atoms with Crippen LogP contribution in [0.4, 0.5) is 8.78 Å². The first kappa shape index (κ1) is 16.0. The second kappa shape index (κ2) is 6.20. The van der Waals surface area contributed by atoms with Gasteiger partial charge in [-0.05, 0) is 32.9 Å². The number of hydrogen-bond acceptors (Lipinski definition) is 3. The van der Waals surface area contributed by atoms with Gasteiger partial charge in [0, 0.05) is 26.1 Å². The third kappa shape index (κ3) is 4.08. The van der Waals surface area contributed by atoms with Crippen molar-refractivity contribution < 1.29 is 18.3 Å². The lowest BCUT2D eigenvalue weighted by atomic mass is 10.0. The Morgan fingerprint density at radius 3 is 2.81 bits per heavy atom. The highest BCUT2D eigenvalue weighted by molar-refractivity contribution is 5.96. The maximum atomic E-state index is 13.6. The molecule has 1 aromatic rings. The van der Waals surface area contributed by atoms with Crippen LogP contribution in [0.3, 0.4) is 0 Å². The first-order valence-electron chi connectivity index (χ1n) is 7.16. The van der Waals surface area contributed by atoms with Crippen LogP contribution in [0.1, 0.15) is 37.6 Å². The SMILES string of the molecule is CC1CN(CCC(=O)c2cccc(F)c2F)CC(C)(C)O1. The van der Waals surface area contributed by atoms with Crippen molar-refractivity contribution in [2.75, 3.05) is 19.6 Å². The van der Waals surface area contributed by atoms with Gasteiger partial charge in [0.2, 0.25) is 0 Å². The summed E-state index contributed by atoms with van der Waals surface area (Å²) in [5, 5.41) is 0. The standard InChI is InChI=1S/C16H21F2NO2/c1-11-9-19(10-16(2,3)21-11)8-7-14(20)12-5-4-6-13(17)15(12)18/h4-6,11H,7-10H2,1-3H3. The van der Waals surface area contributed by atoms with Gasteiger partial charge in [-0.1, -0.05) is 6.07 Å². The zero-order valence-electron chi connectivity index (χ0n) is 12.7. The fraction of sp³-hybridized carbons (Fsp3) is 0.562. The molecule has 0 amide bonds. The van der Waals surface area contributed by atoms with E-state index in [1.54, 1.807) is 0 Å². The lowest BCUT2D eigenvalue weighted by molar-refractivity contribution is -0.128. The van der Waals surface area contributed by atoms with E-state index in [4.69, 9.17) is 4.74 Å². The van der Waals surface area contributed by atoms with Gasteiger partial charge in [-0.2, -0.15) is 0 Å². The number of benzene rings is 1. The van der Waals surface area contributed by atoms with Crippen molar-refractivity contribution in [3.63, 3.8) is 0 Å². The molecule has 0 radical (unpaired) electrons. The van der Waals surface area contributed by atoms with E-state index in [1.807, 2.05) is 20.8 Å². The molecule has 0 N–H and O–H groups in total. The molecule has 1 fully saturated rings. The van der Waals surface area contributed by atoms with Gasteiger partial charge in [0.15, 0.2) is 17.4 Å². The number of rotatable bonds is 4. The Bertz CT molecular complexity index is 531. The van der Waals surface area contributed by atoms with Gasteiger partial charge < -0.3 is 4.74 Å². The predicted molar refractivity (Wildman–Crippen MR) is 76.4 cm³/mol. The average molecular weight is 297 g/mol. The number of ketones is 1. The molecule has 1 aliphatic rings. The molecule has 3 nitrogen and oxygen atoms in total. The molecule has 0 aromatic heterocycles. The fourth-order valence-electron chi connectivity index (χ4n) is 2.87. The van der Waals surface area contributed by atoms with Crippen molar-refractivity contribution >= 4 is 5.78 Å². The molecular formula is C16H21F2NO2. The monoisotopic (exact) mass is 297 g/mol. The normalized spacial score (nSPS) is 22.2. The number of carbonyl (C=O) groups is 1. The van der Waals surface area contributed by atoms with E-state index < -0.39 is 11.6 Å². The maximum Gasteiger partial charge on any atom is 0.169 e. The number of morpholine rings is 1. The van der Waals surface area contributed by atoms with Crippen molar-refractivity contribution in [1.82, 2.24) is 4.90 Å². The van der Waals surface area contributed by atoms with E-state index in [0.29, 0.717) is 6.54 Å². The highest BCUT2D eigenvalue weighted by Crippen LogP contribution is 2.21. The minimum Gasteiger partial charge on any atom is -0.370 e. The molecule has 21 heavy (non-hydrogen) atoms. The molecule has 1 atom stereocenters. The third-order valence-corrected chi connectivity index (χ3v) is 3.55. The Morgan fingerprint density at radius 2 is 2.14 bits per heavy atom. The third-order valence-electron chi connectivity index (χ3n) is 3.55. The summed E-state index contributed by atoms with van der Waals surface area (Å²) in [6.07, 6.45) is 0.262. The minimum absolute atomic E-state index is 0.0924. The van der Waals surface area contributed by atoms with Crippen molar-refractivity contribution in [2.24, 2.45) is 0 Å². The largest absolute Gasteiger partial charge is 0.370 e. The predicted octanol–water partition coefficient (Wildman–Crippen LogP) is 3.04. The Balaban J connectivity index is 1.96. The number of halogens is 2. The van der Waals surface area contributed by atoms with Gasteiger partial charge in [-0.25, -0.2) is 8.78 Å². The van der Waals surface area contributed by atoms with Crippen LogP contribution in [-0.4, -0.2) is 42.0 Å². The molecule has 1 aromatic carbocycles. The Morgan fingerprint density at radius 1 is 1.43 bits per heavy atom. The second-order valence-corrected chi connectivity index (χ2v) is 6.20. The van der Waals surface area contributed by atoms with Crippen LogP contribution in [0.25, 0.3) is 0 Å². The highest BCUT2D eigenvalue weighted by Gasteiger charge is 2.31. The second-order valence-electron chi connectivity index (χ2n) is 6.20. The Kier molecular flexibility index (Phi) is 4.74. The van der Waals surface area contributed by atoms with E-state index in [2.05, 4.69) is 4.90 Å². The average Bonchev–Trinajstić information content (AvgIpc) is 2.37. The van der Waals surface area contributed by atoms with Crippen LogP contribution in [0, 0.1) is 11.6 Å². The number of nitrogens with zero attached hydrogens (tertiary/aromatic N) is 1. The highest BCUT2D eigenvalue weighted by atomic mass is 19.2. The van der Waals surface area contributed by atoms with Gasteiger partial charge in [-0.3, -0.25) is 9.69 Å². The van der Waals surface area contributed by atoms with E-state index in [-0.39, 0.29) is 29.5 Å². The number of carbonyl (C=O) groups excluding carboxylic acids is 1. The molecule has 1 heterocycles. The molecule has 1 unspecified atom stereocenters. The zero-order valence-corrected chi connectivity index (χ0v) is 12.7. The van der Waals surface area contributed by atoms with Gasteiger partial charge in [0.1, 0.15) is 0 Å². The van der Waals surface area contributed by atoms with E-state index in [1.165, 1.54) is 12.1 Å². The molecule has 1 saturated heterocycles. The lowest BCUT2D eigenvalue weighted by Crippen LogP contribution is -2.52. The van der Waals surface area contributed by atoms with Gasteiger partial charge in [0.25, 0.3) is 0 Å². The van der Waals surface area contributed by atoms with Crippen LogP contribution in [0.15, 0.2) is 18.2 Å². The fourth-order valence-corrected chi connectivity index (χ4v) is 2.87. The Labute approximate surface area is 123 Å². The number of hydrogen-bond donors (Lipinski definition) is 0. The van der Waals surface area contributed by atoms with Crippen molar-refractivity contribution in [3.8, 4) is 0 Å². The van der Waals surface area contributed by atoms with Gasteiger partial charge in [-0.15, -0.1) is 0 Å². The molecule has 1 aliphatic heterocycles. The molecule has 0 aliphatic carbocycles. The Hall–Kier alpha value is -1.33. The van der Waals surface area contributed by atoms with Crippen LogP contribution < -0.4 is 0 Å². The summed E-state index contributed by atoms with van der Waals surface area (Å²) < 4.78 is 32.5. The van der Waals surface area contributed by atoms with Crippen LogP contribution >= 0.6 is 0 Å². The van der Waals surface area contributed by atoms with Crippen molar-refractivity contribution in [1.29, 1.82) is 0 Å². The smallest absolute Gasteiger partial charge is 0.169 e. The lowest BCUT2D eigenvalue weighted by Gasteiger charge is -2.41. The molecule has 0 spiro atoms. The molecule has 116 valence electrons. The van der Waals surface area contributed by atoms with Gasteiger partial charge in [0.05, 0.1) is 17.3 Å². The van der Waals surface area contributed by atoms with E-state index in [0.717, 1.165) is 19.2 Å². The van der Waals surface area contributed by atoms with Crippen molar-refractivity contribution in [2.45, 2.75) is 38.9 Å². The summed E-state index contributed by atoms with van der Waals surface area (Å²) in [6.45, 7) is 7.97. The molecule has 2 rings (SSSR count). The summed E-state index contributed by atoms with van der Waals surface area (Å²) in [5.74, 6) is -2.41. The van der Waals surface area contributed by atoms with E-state index in [9.17, 15) is 13.6 Å². The van der Waals surface area contributed by atoms with Crippen LogP contribution in [0.5, 0.6) is 0 Å². The summed E-state index contributed by atoms with van der Waals surface area (Å²) in [4.78, 5) is 14.2. The number of ether oxygens (including phenoxy) is 1.